The zero-order valence-electron chi connectivity index (χ0n) is 16.9. The van der Waals surface area contributed by atoms with Gasteiger partial charge in [-0.25, -0.2) is 4.99 Å². The maximum absolute atomic E-state index is 12.8. The van der Waals surface area contributed by atoms with Crippen molar-refractivity contribution in [2.75, 3.05) is 24.5 Å². The summed E-state index contributed by atoms with van der Waals surface area (Å²) < 4.78 is 29.7. The number of rotatable bonds is 7. The molecule has 0 spiro atoms. The third-order valence-electron chi connectivity index (χ3n) is 4.76. The Kier molecular flexibility index (Phi) is 7.59. The first-order valence-electron chi connectivity index (χ1n) is 10.0. The second-order valence-corrected chi connectivity index (χ2v) is 6.81. The lowest BCUT2D eigenvalue weighted by Crippen LogP contribution is -2.46. The molecule has 6 nitrogen and oxygen atoms in total. The first-order valence-corrected chi connectivity index (χ1v) is 10.0. The van der Waals surface area contributed by atoms with Gasteiger partial charge in [0, 0.05) is 24.3 Å². The number of benzene rings is 2. The number of hydrogen-bond acceptors (Lipinski definition) is 3. The Morgan fingerprint density at radius 1 is 1.17 bits per heavy atom. The molecule has 160 valence electrons. The molecule has 0 unspecified atom stereocenters. The van der Waals surface area contributed by atoms with Gasteiger partial charge in [-0.3, -0.25) is 4.79 Å². The van der Waals surface area contributed by atoms with Gasteiger partial charge >= 0.3 is 6.61 Å². The largest absolute Gasteiger partial charge is 0.434 e. The summed E-state index contributed by atoms with van der Waals surface area (Å²) in [6.45, 7) is 0.513. The van der Waals surface area contributed by atoms with Crippen molar-refractivity contribution in [1.29, 1.82) is 0 Å². The number of alkyl halides is 2. The van der Waals surface area contributed by atoms with Crippen molar-refractivity contribution >= 4 is 17.6 Å². The fourth-order valence-corrected chi connectivity index (χ4v) is 3.40. The first-order chi connectivity index (χ1) is 14.6. The maximum atomic E-state index is 12.8. The lowest BCUT2D eigenvalue weighted by molar-refractivity contribution is -0.117. The molecule has 2 N–H and O–H groups in total. The Morgan fingerprint density at radius 3 is 2.73 bits per heavy atom. The highest BCUT2D eigenvalue weighted by Crippen LogP contribution is 2.26. The number of fused-ring (bicyclic) bond motifs is 1. The van der Waals surface area contributed by atoms with E-state index in [1.807, 2.05) is 31.2 Å². The van der Waals surface area contributed by atoms with E-state index in [-0.39, 0.29) is 24.7 Å². The normalized spacial score (nSPS) is 13.7. The van der Waals surface area contributed by atoms with Gasteiger partial charge in [-0.05, 0) is 37.5 Å². The molecule has 0 radical (unpaired) electrons. The molecule has 1 aliphatic rings. The van der Waals surface area contributed by atoms with Crippen LogP contribution in [0.3, 0.4) is 0 Å². The number of nitrogens with one attached hydrogen (secondary N) is 2. The fraction of sp³-hybridized carbons (Fsp3) is 0.364. The fourth-order valence-electron chi connectivity index (χ4n) is 3.40. The van der Waals surface area contributed by atoms with Gasteiger partial charge in [0.2, 0.25) is 5.91 Å². The van der Waals surface area contributed by atoms with E-state index >= 15 is 0 Å². The van der Waals surface area contributed by atoms with Crippen LogP contribution < -0.4 is 20.3 Å². The molecule has 0 atom stereocenters. The molecule has 0 saturated heterocycles. The SMILES string of the molecule is CCNC(=NCc1ccccc1OC(F)F)NCC(=O)N1CCCc2ccccc21. The molecule has 0 saturated carbocycles. The van der Waals surface area contributed by atoms with Crippen molar-refractivity contribution in [1.82, 2.24) is 10.6 Å². The van der Waals surface area contributed by atoms with E-state index in [1.54, 1.807) is 23.1 Å². The molecule has 30 heavy (non-hydrogen) atoms. The van der Waals surface area contributed by atoms with Crippen LogP contribution in [0.15, 0.2) is 53.5 Å². The Hall–Kier alpha value is -3.16. The van der Waals surface area contributed by atoms with Crippen LogP contribution in [0.4, 0.5) is 14.5 Å². The van der Waals surface area contributed by atoms with Crippen LogP contribution in [-0.4, -0.2) is 38.1 Å². The molecule has 0 fully saturated rings. The number of aliphatic imine (C=N–C) groups is 1. The molecule has 3 rings (SSSR count). The van der Waals surface area contributed by atoms with Crippen molar-refractivity contribution in [2.45, 2.75) is 32.9 Å². The van der Waals surface area contributed by atoms with Crippen LogP contribution in [-0.2, 0) is 17.8 Å². The quantitative estimate of drug-likeness (QED) is 0.537. The van der Waals surface area contributed by atoms with Gasteiger partial charge < -0.3 is 20.3 Å². The number of para-hydroxylation sites is 2. The number of aryl methyl sites for hydroxylation is 1. The van der Waals surface area contributed by atoms with E-state index in [4.69, 9.17) is 0 Å². The van der Waals surface area contributed by atoms with Crippen LogP contribution in [0.5, 0.6) is 5.75 Å². The summed E-state index contributed by atoms with van der Waals surface area (Å²) >= 11 is 0. The van der Waals surface area contributed by atoms with Gasteiger partial charge in [0.1, 0.15) is 5.75 Å². The van der Waals surface area contributed by atoms with E-state index in [2.05, 4.69) is 20.4 Å². The molecule has 0 aliphatic carbocycles. The van der Waals surface area contributed by atoms with Crippen LogP contribution in [0.2, 0.25) is 0 Å². The summed E-state index contributed by atoms with van der Waals surface area (Å²) in [5, 5.41) is 6.11. The number of carbonyl (C=O) groups excluding carboxylic acids is 1. The summed E-state index contributed by atoms with van der Waals surface area (Å²) in [5.41, 5.74) is 2.66. The van der Waals surface area contributed by atoms with Gasteiger partial charge in [-0.15, -0.1) is 0 Å². The highest BCUT2D eigenvalue weighted by molar-refractivity contribution is 5.98. The minimum absolute atomic E-state index is 0.0470. The molecule has 8 heteroatoms. The van der Waals surface area contributed by atoms with Gasteiger partial charge in [0.05, 0.1) is 13.1 Å². The first kappa shape index (κ1) is 21.5. The van der Waals surface area contributed by atoms with Crippen molar-refractivity contribution in [3.8, 4) is 5.75 Å². The third-order valence-corrected chi connectivity index (χ3v) is 4.76. The topological polar surface area (TPSA) is 66.0 Å². The monoisotopic (exact) mass is 416 g/mol. The summed E-state index contributed by atoms with van der Waals surface area (Å²) in [6, 6.07) is 14.5. The number of guanidine groups is 1. The number of carbonyl (C=O) groups is 1. The van der Waals surface area contributed by atoms with E-state index in [1.165, 1.54) is 11.6 Å². The molecule has 1 heterocycles. The summed E-state index contributed by atoms with van der Waals surface area (Å²) in [7, 11) is 0. The van der Waals surface area contributed by atoms with E-state index in [0.29, 0.717) is 24.6 Å². The average molecular weight is 416 g/mol. The summed E-state index contributed by atoms with van der Waals surface area (Å²) in [4.78, 5) is 19.0. The Morgan fingerprint density at radius 2 is 1.93 bits per heavy atom. The van der Waals surface area contributed by atoms with Crippen molar-refractivity contribution < 1.29 is 18.3 Å². The van der Waals surface area contributed by atoms with Gasteiger partial charge in [-0.2, -0.15) is 8.78 Å². The molecule has 1 amide bonds. The van der Waals surface area contributed by atoms with Gasteiger partial charge in [-0.1, -0.05) is 36.4 Å². The van der Waals surface area contributed by atoms with Crippen molar-refractivity contribution in [3.05, 3.63) is 59.7 Å². The Labute approximate surface area is 174 Å². The molecule has 2 aromatic carbocycles. The van der Waals surface area contributed by atoms with Crippen LogP contribution in [0.1, 0.15) is 24.5 Å². The predicted octanol–water partition coefficient (Wildman–Crippen LogP) is 3.32. The second kappa shape index (κ2) is 10.6. The van der Waals surface area contributed by atoms with Crippen LogP contribution in [0, 0.1) is 0 Å². The standard InChI is InChI=1S/C22H26F2N4O2/c1-2-25-22(26-14-17-9-4-6-12-19(17)30-21(23)24)27-15-20(29)28-13-7-10-16-8-3-5-11-18(16)28/h3-6,8-9,11-12,21H,2,7,10,13-15H2,1H3,(H2,25,26,27). The minimum atomic E-state index is -2.90. The van der Waals surface area contributed by atoms with Crippen LogP contribution >= 0.6 is 0 Å². The number of hydrogen-bond donors (Lipinski definition) is 2. The van der Waals surface area contributed by atoms with E-state index < -0.39 is 6.61 Å². The average Bonchev–Trinajstić information content (AvgIpc) is 2.75. The molecule has 0 aromatic heterocycles. The Balaban J connectivity index is 1.65. The zero-order chi connectivity index (χ0) is 21.3. The highest BCUT2D eigenvalue weighted by atomic mass is 19.3. The number of amides is 1. The molecular formula is C22H26F2N4O2. The second-order valence-electron chi connectivity index (χ2n) is 6.81. The van der Waals surface area contributed by atoms with E-state index in [0.717, 1.165) is 18.5 Å². The number of anilines is 1. The van der Waals surface area contributed by atoms with Crippen molar-refractivity contribution in [2.24, 2.45) is 4.99 Å². The summed E-state index contributed by atoms with van der Waals surface area (Å²) in [6.07, 6.45) is 1.90. The van der Waals surface area contributed by atoms with E-state index in [9.17, 15) is 13.6 Å². The number of halogens is 2. The number of nitrogens with zero attached hydrogens (tertiary/aromatic N) is 2. The Bertz CT molecular complexity index is 889. The smallest absolute Gasteiger partial charge is 0.387 e. The predicted molar refractivity (Wildman–Crippen MR) is 113 cm³/mol. The van der Waals surface area contributed by atoms with Crippen LogP contribution in [0.25, 0.3) is 0 Å². The minimum Gasteiger partial charge on any atom is -0.434 e. The number of ether oxygens (including phenoxy) is 1. The molecule has 1 aliphatic heterocycles. The summed E-state index contributed by atoms with van der Waals surface area (Å²) in [5.74, 6) is 0.477. The molecular weight excluding hydrogens is 390 g/mol. The van der Waals surface area contributed by atoms with Crippen molar-refractivity contribution in [3.63, 3.8) is 0 Å². The lowest BCUT2D eigenvalue weighted by atomic mass is 10.0. The van der Waals surface area contributed by atoms with Gasteiger partial charge in [0.25, 0.3) is 0 Å². The molecule has 0 bridgehead atoms. The van der Waals surface area contributed by atoms with Gasteiger partial charge in [0.15, 0.2) is 5.96 Å². The highest BCUT2D eigenvalue weighted by Gasteiger charge is 2.22. The third kappa shape index (κ3) is 5.68. The lowest BCUT2D eigenvalue weighted by Gasteiger charge is -2.29. The maximum Gasteiger partial charge on any atom is 0.387 e. The molecule has 2 aromatic rings. The zero-order valence-corrected chi connectivity index (χ0v) is 16.9.